The third kappa shape index (κ3) is 4.31. The van der Waals surface area contributed by atoms with Gasteiger partial charge in [-0.2, -0.15) is 18.4 Å². The lowest BCUT2D eigenvalue weighted by atomic mass is 9.75. The average molecular weight is 419 g/mol. The first-order chi connectivity index (χ1) is 13.9. The van der Waals surface area contributed by atoms with Crippen LogP contribution in [-0.2, 0) is 5.41 Å². The third-order valence-corrected chi connectivity index (χ3v) is 5.33. The molecule has 158 valence electrons. The van der Waals surface area contributed by atoms with Gasteiger partial charge >= 0.3 is 6.18 Å². The van der Waals surface area contributed by atoms with Crippen molar-refractivity contribution in [3.8, 4) is 6.07 Å². The maximum atomic E-state index is 13.9. The van der Waals surface area contributed by atoms with Gasteiger partial charge in [0.2, 0.25) is 0 Å². The molecule has 2 atom stereocenters. The van der Waals surface area contributed by atoms with Crippen LogP contribution in [0.5, 0.6) is 0 Å². The zero-order valence-electron chi connectivity index (χ0n) is 16.7. The predicted octanol–water partition coefficient (Wildman–Crippen LogP) is 5.26. The van der Waals surface area contributed by atoms with Gasteiger partial charge in [0.1, 0.15) is 23.5 Å². The van der Waals surface area contributed by atoms with Gasteiger partial charge in [0, 0.05) is 5.69 Å². The van der Waals surface area contributed by atoms with Crippen LogP contribution in [0.3, 0.4) is 0 Å². The first-order valence-electron chi connectivity index (χ1n) is 9.33. The monoisotopic (exact) mass is 419 g/mol. The summed E-state index contributed by atoms with van der Waals surface area (Å²) in [6.45, 7) is 5.11. The molecular formula is C22H21F4N3O. The smallest absolute Gasteiger partial charge is 0.392 e. The Morgan fingerprint density at radius 3 is 2.50 bits per heavy atom. The molecule has 0 saturated heterocycles. The number of aliphatic hydroxyl groups excluding tert-OH is 1. The van der Waals surface area contributed by atoms with Crippen molar-refractivity contribution < 1.29 is 22.7 Å². The second-order valence-corrected chi connectivity index (χ2v) is 8.10. The second-order valence-electron chi connectivity index (χ2n) is 8.10. The molecule has 3 rings (SSSR count). The van der Waals surface area contributed by atoms with Gasteiger partial charge in [0.15, 0.2) is 0 Å². The summed E-state index contributed by atoms with van der Waals surface area (Å²) in [4.78, 5) is 6.67. The highest BCUT2D eigenvalue weighted by atomic mass is 19.4. The fourth-order valence-corrected chi connectivity index (χ4v) is 3.94. The standard InChI is InChI=1S/C22H21F4N3O/c1-12-4-5-13(23)8-15(12)21(2,3)10-19(30)20(22(24,25)26)18-9-17-16(29-18)7-6-14(11-27)28-17/h4-9,19-20,29-30H,10H2,1-3H3. The maximum absolute atomic E-state index is 13.9. The van der Waals surface area contributed by atoms with Gasteiger partial charge in [-0.1, -0.05) is 19.9 Å². The third-order valence-electron chi connectivity index (χ3n) is 5.33. The first kappa shape index (κ1) is 21.8. The Morgan fingerprint density at radius 1 is 1.17 bits per heavy atom. The molecule has 0 aliphatic rings. The van der Waals surface area contributed by atoms with Crippen LogP contribution >= 0.6 is 0 Å². The minimum atomic E-state index is -4.73. The number of hydrogen-bond acceptors (Lipinski definition) is 3. The zero-order chi connectivity index (χ0) is 22.3. The number of nitrogens with one attached hydrogen (secondary N) is 1. The van der Waals surface area contributed by atoms with Crippen molar-refractivity contribution in [1.82, 2.24) is 9.97 Å². The minimum absolute atomic E-state index is 0.0832. The van der Waals surface area contributed by atoms with Crippen molar-refractivity contribution in [2.45, 2.75) is 50.8 Å². The van der Waals surface area contributed by atoms with Crippen molar-refractivity contribution >= 4 is 11.0 Å². The number of benzene rings is 1. The van der Waals surface area contributed by atoms with Crippen molar-refractivity contribution in [2.75, 3.05) is 0 Å². The van der Waals surface area contributed by atoms with Crippen LogP contribution < -0.4 is 0 Å². The molecule has 2 unspecified atom stereocenters. The lowest BCUT2D eigenvalue weighted by molar-refractivity contribution is -0.175. The summed E-state index contributed by atoms with van der Waals surface area (Å²) in [5, 5.41) is 19.6. The number of nitriles is 1. The molecule has 0 spiro atoms. The van der Waals surface area contributed by atoms with E-state index in [4.69, 9.17) is 5.26 Å². The number of alkyl halides is 3. The number of pyridine rings is 1. The van der Waals surface area contributed by atoms with E-state index < -0.39 is 29.4 Å². The van der Waals surface area contributed by atoms with Gasteiger partial charge in [-0.25, -0.2) is 9.37 Å². The Hall–Kier alpha value is -2.92. The number of H-pyrrole nitrogens is 1. The molecule has 8 heteroatoms. The molecular weight excluding hydrogens is 398 g/mol. The fourth-order valence-electron chi connectivity index (χ4n) is 3.94. The Balaban J connectivity index is 1.98. The summed E-state index contributed by atoms with van der Waals surface area (Å²) in [5.41, 5.74) is 0.763. The Kier molecular flexibility index (Phi) is 5.61. The van der Waals surface area contributed by atoms with Crippen LogP contribution in [-0.4, -0.2) is 27.4 Å². The number of fused-ring (bicyclic) bond motifs is 1. The van der Waals surface area contributed by atoms with Gasteiger partial charge in [-0.3, -0.25) is 0 Å². The van der Waals surface area contributed by atoms with Crippen LogP contribution in [0.4, 0.5) is 17.6 Å². The molecule has 0 bridgehead atoms. The lowest BCUT2D eigenvalue weighted by Crippen LogP contribution is -2.36. The minimum Gasteiger partial charge on any atom is -0.392 e. The van der Waals surface area contributed by atoms with Crippen LogP contribution in [0, 0.1) is 24.1 Å². The van der Waals surface area contributed by atoms with Gasteiger partial charge < -0.3 is 10.1 Å². The van der Waals surface area contributed by atoms with E-state index in [2.05, 4.69) is 9.97 Å². The van der Waals surface area contributed by atoms with Gasteiger partial charge in [0.05, 0.1) is 17.1 Å². The topological polar surface area (TPSA) is 72.7 Å². The summed E-state index contributed by atoms with van der Waals surface area (Å²) in [5.74, 6) is -2.68. The van der Waals surface area contributed by atoms with Crippen LogP contribution in [0.25, 0.3) is 11.0 Å². The molecule has 0 radical (unpaired) electrons. The first-order valence-corrected chi connectivity index (χ1v) is 9.33. The van der Waals surface area contributed by atoms with E-state index in [-0.39, 0.29) is 23.3 Å². The second kappa shape index (κ2) is 7.73. The van der Waals surface area contributed by atoms with Gasteiger partial charge in [-0.05, 0) is 60.2 Å². The molecule has 2 heterocycles. The van der Waals surface area contributed by atoms with E-state index in [9.17, 15) is 22.7 Å². The number of aromatic amines is 1. The van der Waals surface area contributed by atoms with Gasteiger partial charge in [-0.15, -0.1) is 0 Å². The number of aromatic nitrogens is 2. The largest absolute Gasteiger partial charge is 0.399 e. The molecule has 1 aromatic carbocycles. The molecule has 0 aliphatic carbocycles. The van der Waals surface area contributed by atoms with E-state index in [0.717, 1.165) is 5.56 Å². The highest BCUT2D eigenvalue weighted by Crippen LogP contribution is 2.42. The van der Waals surface area contributed by atoms with Crippen molar-refractivity contribution in [1.29, 1.82) is 5.26 Å². The molecule has 0 saturated carbocycles. The van der Waals surface area contributed by atoms with Crippen molar-refractivity contribution in [3.05, 3.63) is 64.7 Å². The molecule has 4 nitrogen and oxygen atoms in total. The highest BCUT2D eigenvalue weighted by molar-refractivity contribution is 5.76. The van der Waals surface area contributed by atoms with E-state index >= 15 is 0 Å². The fraction of sp³-hybridized carbons (Fsp3) is 0.364. The summed E-state index contributed by atoms with van der Waals surface area (Å²) in [6.07, 6.45) is -6.76. The summed E-state index contributed by atoms with van der Waals surface area (Å²) in [6, 6.07) is 10.1. The number of rotatable bonds is 5. The molecule has 0 fully saturated rings. The number of halogens is 4. The maximum Gasteiger partial charge on any atom is 0.399 e. The van der Waals surface area contributed by atoms with Gasteiger partial charge in [0.25, 0.3) is 0 Å². The molecule has 0 amide bonds. The molecule has 30 heavy (non-hydrogen) atoms. The highest BCUT2D eigenvalue weighted by Gasteiger charge is 2.47. The Bertz CT molecular complexity index is 1110. The van der Waals surface area contributed by atoms with E-state index in [1.807, 2.05) is 6.07 Å². The molecule has 3 aromatic rings. The predicted molar refractivity (Wildman–Crippen MR) is 104 cm³/mol. The molecule has 2 aromatic heterocycles. The van der Waals surface area contributed by atoms with Crippen molar-refractivity contribution in [3.63, 3.8) is 0 Å². The summed E-state index contributed by atoms with van der Waals surface area (Å²) < 4.78 is 55.5. The van der Waals surface area contributed by atoms with E-state index in [0.29, 0.717) is 11.1 Å². The lowest BCUT2D eigenvalue weighted by Gasteiger charge is -2.33. The normalized spacial score (nSPS) is 14.5. The van der Waals surface area contributed by atoms with Crippen LogP contribution in [0.2, 0.25) is 0 Å². The summed E-state index contributed by atoms with van der Waals surface area (Å²) >= 11 is 0. The number of hydrogen-bond donors (Lipinski definition) is 2. The Morgan fingerprint density at radius 2 is 1.87 bits per heavy atom. The van der Waals surface area contributed by atoms with Crippen LogP contribution in [0.15, 0.2) is 36.4 Å². The molecule has 0 aliphatic heterocycles. The summed E-state index contributed by atoms with van der Waals surface area (Å²) in [7, 11) is 0. The SMILES string of the molecule is Cc1ccc(F)cc1C(C)(C)CC(O)C(c1cc2nc(C#N)ccc2[nH]1)C(F)(F)F. The molecule has 2 N–H and O–H groups in total. The van der Waals surface area contributed by atoms with E-state index in [1.165, 1.54) is 30.3 Å². The van der Waals surface area contributed by atoms with Crippen molar-refractivity contribution in [2.24, 2.45) is 0 Å². The zero-order valence-corrected chi connectivity index (χ0v) is 16.7. The average Bonchev–Trinajstić information content (AvgIpc) is 3.03. The quantitative estimate of drug-likeness (QED) is 0.555. The Labute approximate surface area is 171 Å². The number of aryl methyl sites for hydroxylation is 1. The number of aliphatic hydroxyl groups is 1. The van der Waals surface area contributed by atoms with E-state index in [1.54, 1.807) is 26.8 Å². The van der Waals surface area contributed by atoms with Crippen LogP contribution in [0.1, 0.15) is 48.7 Å². The number of nitrogens with zero attached hydrogens (tertiary/aromatic N) is 2.